The molecule has 0 aliphatic carbocycles. The highest BCUT2D eigenvalue weighted by Crippen LogP contribution is 2.22. The lowest BCUT2D eigenvalue weighted by molar-refractivity contribution is 0.199. The van der Waals surface area contributed by atoms with Crippen molar-refractivity contribution in [2.45, 2.75) is 19.3 Å². The van der Waals surface area contributed by atoms with Crippen LogP contribution in [0.5, 0.6) is 0 Å². The third-order valence-corrected chi connectivity index (χ3v) is 3.13. The summed E-state index contributed by atoms with van der Waals surface area (Å²) in [7, 11) is 1.71. The standard InChI is InChI=1S/C13H19Cl2NO/c1-17-9-8-16-7-3-2-4-11-5-6-12(14)10-13(11)15/h5-6,10,16H,2-4,7-9H2,1H3. The van der Waals surface area contributed by atoms with E-state index in [0.29, 0.717) is 5.02 Å². The Morgan fingerprint density at radius 2 is 2.00 bits per heavy atom. The van der Waals surface area contributed by atoms with E-state index in [1.807, 2.05) is 12.1 Å². The van der Waals surface area contributed by atoms with Crippen LogP contribution in [0.1, 0.15) is 18.4 Å². The van der Waals surface area contributed by atoms with Crippen molar-refractivity contribution in [2.24, 2.45) is 0 Å². The van der Waals surface area contributed by atoms with Crippen molar-refractivity contribution in [1.82, 2.24) is 5.32 Å². The average molecular weight is 276 g/mol. The van der Waals surface area contributed by atoms with Gasteiger partial charge in [-0.2, -0.15) is 0 Å². The summed E-state index contributed by atoms with van der Waals surface area (Å²) in [4.78, 5) is 0. The van der Waals surface area contributed by atoms with E-state index >= 15 is 0 Å². The monoisotopic (exact) mass is 275 g/mol. The molecule has 0 saturated carbocycles. The lowest BCUT2D eigenvalue weighted by Crippen LogP contribution is -2.20. The van der Waals surface area contributed by atoms with Crippen LogP contribution in [-0.4, -0.2) is 26.8 Å². The first-order chi connectivity index (χ1) is 8.24. The van der Waals surface area contributed by atoms with E-state index in [2.05, 4.69) is 5.32 Å². The molecular formula is C13H19Cl2NO. The van der Waals surface area contributed by atoms with E-state index in [4.69, 9.17) is 27.9 Å². The second kappa shape index (κ2) is 8.76. The Labute approximate surface area is 113 Å². The summed E-state index contributed by atoms with van der Waals surface area (Å²) in [6.07, 6.45) is 3.27. The molecule has 0 heterocycles. The van der Waals surface area contributed by atoms with Crippen molar-refractivity contribution in [2.75, 3.05) is 26.8 Å². The van der Waals surface area contributed by atoms with E-state index < -0.39 is 0 Å². The van der Waals surface area contributed by atoms with Crippen LogP contribution in [0.4, 0.5) is 0 Å². The fourth-order valence-corrected chi connectivity index (χ4v) is 2.09. The molecule has 0 unspecified atom stereocenters. The number of hydrogen-bond donors (Lipinski definition) is 1. The minimum atomic E-state index is 0.694. The van der Waals surface area contributed by atoms with Gasteiger partial charge < -0.3 is 10.1 Å². The Morgan fingerprint density at radius 1 is 1.18 bits per heavy atom. The number of ether oxygens (including phenoxy) is 1. The van der Waals surface area contributed by atoms with Crippen LogP contribution in [0, 0.1) is 0 Å². The molecule has 2 nitrogen and oxygen atoms in total. The molecule has 0 amide bonds. The SMILES string of the molecule is COCCNCCCCc1ccc(Cl)cc1Cl. The van der Waals surface area contributed by atoms with Gasteiger partial charge in [0.1, 0.15) is 0 Å². The second-order valence-electron chi connectivity index (χ2n) is 3.94. The number of aryl methyl sites for hydroxylation is 1. The summed E-state index contributed by atoms with van der Waals surface area (Å²) in [6, 6.07) is 5.69. The molecule has 17 heavy (non-hydrogen) atoms. The number of benzene rings is 1. The molecule has 96 valence electrons. The highest BCUT2D eigenvalue weighted by Gasteiger charge is 2.00. The molecule has 0 atom stereocenters. The molecule has 1 aromatic rings. The van der Waals surface area contributed by atoms with Crippen LogP contribution < -0.4 is 5.32 Å². The minimum Gasteiger partial charge on any atom is -0.383 e. The van der Waals surface area contributed by atoms with Crippen LogP contribution in [0.3, 0.4) is 0 Å². The van der Waals surface area contributed by atoms with Gasteiger partial charge in [0.15, 0.2) is 0 Å². The number of hydrogen-bond acceptors (Lipinski definition) is 2. The Hall–Kier alpha value is -0.280. The molecule has 4 heteroatoms. The van der Waals surface area contributed by atoms with Gasteiger partial charge in [0.2, 0.25) is 0 Å². The van der Waals surface area contributed by atoms with Crippen molar-refractivity contribution in [3.63, 3.8) is 0 Å². The fourth-order valence-electron chi connectivity index (χ4n) is 1.59. The van der Waals surface area contributed by atoms with Gasteiger partial charge in [-0.25, -0.2) is 0 Å². The van der Waals surface area contributed by atoms with Crippen LogP contribution in [0.25, 0.3) is 0 Å². The van der Waals surface area contributed by atoms with Crippen molar-refractivity contribution < 1.29 is 4.74 Å². The van der Waals surface area contributed by atoms with Gasteiger partial charge in [0.05, 0.1) is 6.61 Å². The summed E-state index contributed by atoms with van der Waals surface area (Å²) in [5.41, 5.74) is 1.17. The molecule has 1 N–H and O–H groups in total. The van der Waals surface area contributed by atoms with Gasteiger partial charge in [-0.15, -0.1) is 0 Å². The Bertz CT molecular complexity index is 331. The smallest absolute Gasteiger partial charge is 0.0587 e. The first-order valence-electron chi connectivity index (χ1n) is 5.87. The molecule has 0 saturated heterocycles. The van der Waals surface area contributed by atoms with Crippen molar-refractivity contribution in [3.8, 4) is 0 Å². The average Bonchev–Trinajstić information content (AvgIpc) is 2.30. The van der Waals surface area contributed by atoms with Gasteiger partial charge in [0.25, 0.3) is 0 Å². The molecule has 1 rings (SSSR count). The summed E-state index contributed by atoms with van der Waals surface area (Å²) in [5.74, 6) is 0. The second-order valence-corrected chi connectivity index (χ2v) is 4.78. The maximum Gasteiger partial charge on any atom is 0.0587 e. The predicted octanol–water partition coefficient (Wildman–Crippen LogP) is 3.55. The quantitative estimate of drug-likeness (QED) is 0.733. The number of unbranched alkanes of at least 4 members (excludes halogenated alkanes) is 1. The lowest BCUT2D eigenvalue weighted by atomic mass is 10.1. The van der Waals surface area contributed by atoms with Crippen LogP contribution in [0.2, 0.25) is 10.0 Å². The molecule has 1 aromatic carbocycles. The van der Waals surface area contributed by atoms with Crippen molar-refractivity contribution in [3.05, 3.63) is 33.8 Å². The first-order valence-corrected chi connectivity index (χ1v) is 6.63. The maximum atomic E-state index is 6.09. The van der Waals surface area contributed by atoms with Gasteiger partial charge in [0, 0.05) is 23.7 Å². The summed E-state index contributed by atoms with van der Waals surface area (Å²) < 4.78 is 4.95. The Morgan fingerprint density at radius 3 is 2.71 bits per heavy atom. The maximum absolute atomic E-state index is 6.09. The highest BCUT2D eigenvalue weighted by molar-refractivity contribution is 6.35. The van der Waals surface area contributed by atoms with Crippen molar-refractivity contribution >= 4 is 23.2 Å². The summed E-state index contributed by atoms with van der Waals surface area (Å²) in [5, 5.41) is 4.78. The topological polar surface area (TPSA) is 21.3 Å². The molecule has 0 spiro atoms. The normalized spacial score (nSPS) is 10.8. The molecule has 0 aliphatic rings. The third kappa shape index (κ3) is 6.27. The zero-order valence-electron chi connectivity index (χ0n) is 10.1. The van der Waals surface area contributed by atoms with E-state index in [1.165, 1.54) is 5.56 Å². The minimum absolute atomic E-state index is 0.694. The van der Waals surface area contributed by atoms with E-state index in [9.17, 15) is 0 Å². The van der Waals surface area contributed by atoms with Crippen LogP contribution in [0.15, 0.2) is 18.2 Å². The van der Waals surface area contributed by atoms with Gasteiger partial charge in [-0.05, 0) is 43.5 Å². The summed E-state index contributed by atoms with van der Waals surface area (Å²) in [6.45, 7) is 2.70. The molecule has 0 aliphatic heterocycles. The predicted molar refractivity (Wildman–Crippen MR) is 74.1 cm³/mol. The molecule has 0 fully saturated rings. The van der Waals surface area contributed by atoms with Gasteiger partial charge in [-0.3, -0.25) is 0 Å². The fraction of sp³-hybridized carbons (Fsp3) is 0.538. The highest BCUT2D eigenvalue weighted by atomic mass is 35.5. The number of nitrogens with one attached hydrogen (secondary N) is 1. The van der Waals surface area contributed by atoms with Gasteiger partial charge >= 0.3 is 0 Å². The largest absolute Gasteiger partial charge is 0.383 e. The number of methoxy groups -OCH3 is 1. The molecule has 0 radical (unpaired) electrons. The van der Waals surface area contributed by atoms with E-state index in [1.54, 1.807) is 13.2 Å². The third-order valence-electron chi connectivity index (χ3n) is 2.55. The van der Waals surface area contributed by atoms with E-state index in [0.717, 1.165) is 44.0 Å². The number of rotatable bonds is 8. The van der Waals surface area contributed by atoms with Crippen LogP contribution in [-0.2, 0) is 11.2 Å². The summed E-state index contributed by atoms with van der Waals surface area (Å²) >= 11 is 11.9. The first kappa shape index (κ1) is 14.8. The van der Waals surface area contributed by atoms with Crippen LogP contribution >= 0.6 is 23.2 Å². The Balaban J connectivity index is 2.14. The van der Waals surface area contributed by atoms with Gasteiger partial charge in [-0.1, -0.05) is 29.3 Å². The lowest BCUT2D eigenvalue weighted by Gasteiger charge is -2.06. The molecule has 0 bridgehead atoms. The Kier molecular flexibility index (Phi) is 7.62. The zero-order valence-corrected chi connectivity index (χ0v) is 11.7. The molecular weight excluding hydrogens is 257 g/mol. The zero-order chi connectivity index (χ0) is 12.5. The van der Waals surface area contributed by atoms with Crippen molar-refractivity contribution in [1.29, 1.82) is 0 Å². The number of halogens is 2. The molecule has 0 aromatic heterocycles. The van der Waals surface area contributed by atoms with E-state index in [-0.39, 0.29) is 0 Å².